The fourth-order valence-corrected chi connectivity index (χ4v) is 3.79. The molecule has 1 saturated carbocycles. The number of esters is 1. The van der Waals surface area contributed by atoms with Crippen molar-refractivity contribution >= 4 is 28.4 Å². The first-order chi connectivity index (χ1) is 15.1. The van der Waals surface area contributed by atoms with Gasteiger partial charge >= 0.3 is 5.97 Å². The van der Waals surface area contributed by atoms with Crippen LogP contribution in [0, 0.1) is 0 Å². The zero-order chi connectivity index (χ0) is 21.4. The Morgan fingerprint density at radius 2 is 1.87 bits per heavy atom. The van der Waals surface area contributed by atoms with E-state index in [1.165, 1.54) is 7.11 Å². The van der Waals surface area contributed by atoms with Crippen molar-refractivity contribution in [2.75, 3.05) is 12.4 Å². The molecule has 154 valence electrons. The molecule has 2 aromatic carbocycles. The SMILES string of the molecule is COC(=O)c1cc(C2CC2)cnc1Nc1ccc2c(ccc(=O)n2-c2ccccc2)c1. The summed E-state index contributed by atoms with van der Waals surface area (Å²) in [7, 11) is 1.37. The van der Waals surface area contributed by atoms with Crippen LogP contribution in [0.2, 0.25) is 0 Å². The van der Waals surface area contributed by atoms with Gasteiger partial charge in [-0.2, -0.15) is 0 Å². The van der Waals surface area contributed by atoms with Crippen LogP contribution in [-0.2, 0) is 4.74 Å². The largest absolute Gasteiger partial charge is 0.465 e. The number of hydrogen-bond acceptors (Lipinski definition) is 5. The molecule has 0 aliphatic heterocycles. The molecule has 2 heterocycles. The number of aromatic nitrogens is 2. The maximum Gasteiger partial charge on any atom is 0.341 e. The molecule has 0 atom stereocenters. The van der Waals surface area contributed by atoms with Crippen molar-refractivity contribution in [2.24, 2.45) is 0 Å². The predicted octanol–water partition coefficient (Wildman–Crippen LogP) is 4.79. The van der Waals surface area contributed by atoms with Crippen molar-refractivity contribution in [1.82, 2.24) is 9.55 Å². The molecule has 2 aromatic heterocycles. The van der Waals surface area contributed by atoms with Crippen LogP contribution in [0.5, 0.6) is 0 Å². The molecule has 0 saturated heterocycles. The molecule has 6 nitrogen and oxygen atoms in total. The molecule has 0 spiro atoms. The summed E-state index contributed by atoms with van der Waals surface area (Å²) < 4.78 is 6.64. The molecular formula is C25H21N3O3. The van der Waals surface area contributed by atoms with E-state index in [0.29, 0.717) is 17.3 Å². The number of rotatable bonds is 5. The average Bonchev–Trinajstić information content (AvgIpc) is 3.65. The summed E-state index contributed by atoms with van der Waals surface area (Å²) in [5.74, 6) is 0.517. The number of fused-ring (bicyclic) bond motifs is 1. The van der Waals surface area contributed by atoms with Crippen molar-refractivity contribution in [3.8, 4) is 5.69 Å². The second kappa shape index (κ2) is 7.72. The number of ether oxygens (including phenoxy) is 1. The zero-order valence-electron chi connectivity index (χ0n) is 17.0. The smallest absolute Gasteiger partial charge is 0.341 e. The van der Waals surface area contributed by atoms with Gasteiger partial charge in [-0.25, -0.2) is 9.78 Å². The van der Waals surface area contributed by atoms with E-state index < -0.39 is 5.97 Å². The van der Waals surface area contributed by atoms with E-state index >= 15 is 0 Å². The summed E-state index contributed by atoms with van der Waals surface area (Å²) in [4.78, 5) is 29.4. The van der Waals surface area contributed by atoms with Crippen LogP contribution < -0.4 is 10.9 Å². The molecule has 6 heteroatoms. The molecule has 4 aromatic rings. The van der Waals surface area contributed by atoms with Crippen LogP contribution in [0.15, 0.2) is 77.7 Å². The molecule has 5 rings (SSSR count). The summed E-state index contributed by atoms with van der Waals surface area (Å²) in [5.41, 5.74) is 3.77. The third kappa shape index (κ3) is 3.68. The van der Waals surface area contributed by atoms with Gasteiger partial charge in [0.15, 0.2) is 0 Å². The Bertz CT molecular complexity index is 1340. The van der Waals surface area contributed by atoms with Crippen LogP contribution in [-0.4, -0.2) is 22.6 Å². The number of methoxy groups -OCH3 is 1. The van der Waals surface area contributed by atoms with Crippen molar-refractivity contribution in [3.63, 3.8) is 0 Å². The summed E-state index contributed by atoms with van der Waals surface area (Å²) in [6, 6.07) is 20.5. The Kier molecular flexibility index (Phi) is 4.75. The molecule has 1 aliphatic rings. The minimum Gasteiger partial charge on any atom is -0.465 e. The minimum absolute atomic E-state index is 0.0929. The second-order valence-corrected chi connectivity index (χ2v) is 7.67. The second-order valence-electron chi connectivity index (χ2n) is 7.67. The Morgan fingerprint density at radius 1 is 1.06 bits per heavy atom. The van der Waals surface area contributed by atoms with Gasteiger partial charge in [-0.15, -0.1) is 0 Å². The van der Waals surface area contributed by atoms with E-state index in [9.17, 15) is 9.59 Å². The van der Waals surface area contributed by atoms with Crippen LogP contribution in [0.3, 0.4) is 0 Å². The number of benzene rings is 2. The zero-order valence-corrected chi connectivity index (χ0v) is 17.0. The van der Waals surface area contributed by atoms with Gasteiger partial charge in [-0.1, -0.05) is 18.2 Å². The van der Waals surface area contributed by atoms with E-state index in [1.54, 1.807) is 16.7 Å². The summed E-state index contributed by atoms with van der Waals surface area (Å²) in [5, 5.41) is 4.13. The first-order valence-electron chi connectivity index (χ1n) is 10.2. The molecule has 0 radical (unpaired) electrons. The van der Waals surface area contributed by atoms with Crippen LogP contribution in [0.25, 0.3) is 16.6 Å². The standard InChI is InChI=1S/C25H21N3O3/c1-31-25(30)21-14-18(16-7-8-16)15-26-24(21)27-19-10-11-22-17(13-19)9-12-23(29)28(22)20-5-3-2-4-6-20/h2-6,9-16H,7-8H2,1H3,(H,26,27). The van der Waals surface area contributed by atoms with E-state index in [4.69, 9.17) is 4.74 Å². The number of para-hydroxylation sites is 1. The molecule has 0 unspecified atom stereocenters. The number of carbonyl (C=O) groups excluding carboxylic acids is 1. The fraction of sp³-hybridized carbons (Fsp3) is 0.160. The minimum atomic E-state index is -0.420. The van der Waals surface area contributed by atoms with Crippen LogP contribution in [0.1, 0.15) is 34.7 Å². The highest BCUT2D eigenvalue weighted by atomic mass is 16.5. The van der Waals surface area contributed by atoms with Crippen molar-refractivity contribution in [1.29, 1.82) is 0 Å². The lowest BCUT2D eigenvalue weighted by molar-refractivity contribution is 0.0601. The lowest BCUT2D eigenvalue weighted by Crippen LogP contribution is -2.17. The first-order valence-corrected chi connectivity index (χ1v) is 10.2. The maximum atomic E-state index is 12.5. The quantitative estimate of drug-likeness (QED) is 0.478. The maximum absolute atomic E-state index is 12.5. The average molecular weight is 411 g/mol. The van der Waals surface area contributed by atoms with Gasteiger partial charge in [0.25, 0.3) is 5.56 Å². The number of hydrogen-bond donors (Lipinski definition) is 1. The third-order valence-electron chi connectivity index (χ3n) is 5.53. The number of nitrogens with zero attached hydrogens (tertiary/aromatic N) is 2. The fourth-order valence-electron chi connectivity index (χ4n) is 3.79. The summed E-state index contributed by atoms with van der Waals surface area (Å²) >= 11 is 0. The Morgan fingerprint density at radius 3 is 2.61 bits per heavy atom. The highest BCUT2D eigenvalue weighted by Gasteiger charge is 2.26. The Balaban J connectivity index is 1.54. The summed E-state index contributed by atoms with van der Waals surface area (Å²) in [6.45, 7) is 0. The molecule has 1 N–H and O–H groups in total. The highest BCUT2D eigenvalue weighted by Crippen LogP contribution is 2.40. The Hall–Kier alpha value is -3.93. The normalized spacial score (nSPS) is 13.2. The van der Waals surface area contributed by atoms with Gasteiger partial charge < -0.3 is 10.1 Å². The van der Waals surface area contributed by atoms with Crippen molar-refractivity contribution < 1.29 is 9.53 Å². The molecule has 1 fully saturated rings. The molecular weight excluding hydrogens is 390 g/mol. The number of carbonyl (C=O) groups is 1. The van der Waals surface area contributed by atoms with E-state index in [2.05, 4.69) is 10.3 Å². The van der Waals surface area contributed by atoms with E-state index in [-0.39, 0.29) is 5.56 Å². The molecule has 1 aliphatic carbocycles. The third-order valence-corrected chi connectivity index (χ3v) is 5.53. The first kappa shape index (κ1) is 19.1. The number of anilines is 2. The van der Waals surface area contributed by atoms with E-state index in [1.807, 2.05) is 60.8 Å². The van der Waals surface area contributed by atoms with Crippen LogP contribution in [0.4, 0.5) is 11.5 Å². The van der Waals surface area contributed by atoms with Gasteiger partial charge in [-0.3, -0.25) is 9.36 Å². The van der Waals surface area contributed by atoms with Gasteiger partial charge in [0.1, 0.15) is 11.4 Å². The molecule has 31 heavy (non-hydrogen) atoms. The molecule has 0 bridgehead atoms. The topological polar surface area (TPSA) is 73.2 Å². The van der Waals surface area contributed by atoms with Gasteiger partial charge in [0.05, 0.1) is 12.6 Å². The van der Waals surface area contributed by atoms with Gasteiger partial charge in [0.2, 0.25) is 0 Å². The van der Waals surface area contributed by atoms with Gasteiger partial charge in [0, 0.05) is 29.0 Å². The Labute approximate surface area is 179 Å². The molecule has 0 amide bonds. The monoisotopic (exact) mass is 411 g/mol. The van der Waals surface area contributed by atoms with E-state index in [0.717, 1.165) is 40.7 Å². The van der Waals surface area contributed by atoms with Crippen molar-refractivity contribution in [3.05, 3.63) is 94.4 Å². The highest BCUT2D eigenvalue weighted by molar-refractivity contribution is 5.96. The number of pyridine rings is 2. The lowest BCUT2D eigenvalue weighted by atomic mass is 10.1. The predicted molar refractivity (Wildman–Crippen MR) is 120 cm³/mol. The lowest BCUT2D eigenvalue weighted by Gasteiger charge is -2.14. The van der Waals surface area contributed by atoms with Crippen molar-refractivity contribution in [2.45, 2.75) is 18.8 Å². The van der Waals surface area contributed by atoms with Gasteiger partial charge in [-0.05, 0) is 66.8 Å². The number of nitrogens with one attached hydrogen (secondary N) is 1. The summed E-state index contributed by atoms with van der Waals surface area (Å²) in [6.07, 6.45) is 4.08. The van der Waals surface area contributed by atoms with Crippen LogP contribution >= 0.6 is 0 Å².